The Bertz CT molecular complexity index is 505. The maximum atomic E-state index is 12.3. The lowest BCUT2D eigenvalue weighted by molar-refractivity contribution is 0.393. The van der Waals surface area contributed by atoms with Crippen LogP contribution in [0, 0.1) is 0 Å². The van der Waals surface area contributed by atoms with E-state index in [1.807, 2.05) is 4.57 Å². The number of aromatic nitrogens is 2. The first-order chi connectivity index (χ1) is 8.46. The van der Waals surface area contributed by atoms with E-state index in [9.17, 15) is 8.42 Å². The summed E-state index contributed by atoms with van der Waals surface area (Å²) in [5.74, 6) is 0.869. The Kier molecular flexibility index (Phi) is 5.37. The quantitative estimate of drug-likeness (QED) is 0.883. The second-order valence-electron chi connectivity index (χ2n) is 4.75. The van der Waals surface area contributed by atoms with E-state index in [2.05, 4.69) is 4.98 Å². The monoisotopic (exact) mass is 308 g/mol. The molecule has 6 nitrogen and oxygen atoms in total. The van der Waals surface area contributed by atoms with Crippen LogP contribution in [0.15, 0.2) is 11.2 Å². The zero-order chi connectivity index (χ0) is 13.3. The molecule has 19 heavy (non-hydrogen) atoms. The minimum absolute atomic E-state index is 0. The van der Waals surface area contributed by atoms with E-state index in [0.717, 1.165) is 31.6 Å². The van der Waals surface area contributed by atoms with Gasteiger partial charge in [0.1, 0.15) is 5.82 Å². The number of imidazole rings is 1. The standard InChI is InChI=1S/C11H20N4O2S.ClH/c1-9(7-12)14(2)18(16,17)11-8-15-6-4-3-5-10(15)13-11;/h8-9H,3-7,12H2,1-2H3;1H. The van der Waals surface area contributed by atoms with Crippen molar-refractivity contribution in [3.05, 3.63) is 12.0 Å². The largest absolute Gasteiger partial charge is 0.333 e. The van der Waals surface area contributed by atoms with Crippen LogP contribution in [-0.4, -0.2) is 41.9 Å². The number of hydrogen-bond donors (Lipinski definition) is 1. The summed E-state index contributed by atoms with van der Waals surface area (Å²) in [4.78, 5) is 4.25. The summed E-state index contributed by atoms with van der Waals surface area (Å²) >= 11 is 0. The molecule has 1 aromatic rings. The summed E-state index contributed by atoms with van der Waals surface area (Å²) < 4.78 is 27.9. The molecular weight excluding hydrogens is 288 g/mol. The first-order valence-corrected chi connectivity index (χ1v) is 7.65. The molecule has 0 aliphatic carbocycles. The van der Waals surface area contributed by atoms with Crippen LogP contribution in [0.3, 0.4) is 0 Å². The number of fused-ring (bicyclic) bond motifs is 1. The highest BCUT2D eigenvalue weighted by atomic mass is 35.5. The fourth-order valence-corrected chi connectivity index (χ4v) is 3.38. The number of aryl methyl sites for hydroxylation is 2. The fraction of sp³-hybridized carbons (Fsp3) is 0.727. The van der Waals surface area contributed by atoms with Gasteiger partial charge in [0.15, 0.2) is 5.03 Å². The van der Waals surface area contributed by atoms with Gasteiger partial charge in [-0.25, -0.2) is 13.4 Å². The van der Waals surface area contributed by atoms with E-state index < -0.39 is 10.0 Å². The van der Waals surface area contributed by atoms with Crippen LogP contribution >= 0.6 is 12.4 Å². The number of nitrogens with two attached hydrogens (primary N) is 1. The predicted molar refractivity (Wildman–Crippen MR) is 75.9 cm³/mol. The molecule has 0 amide bonds. The van der Waals surface area contributed by atoms with Gasteiger partial charge in [0, 0.05) is 38.8 Å². The lowest BCUT2D eigenvalue weighted by atomic mass is 10.2. The lowest BCUT2D eigenvalue weighted by Crippen LogP contribution is -2.39. The van der Waals surface area contributed by atoms with E-state index in [0.29, 0.717) is 6.54 Å². The predicted octanol–water partition coefficient (Wildman–Crippen LogP) is 0.609. The first kappa shape index (κ1) is 16.4. The van der Waals surface area contributed by atoms with Gasteiger partial charge in [-0.1, -0.05) is 0 Å². The summed E-state index contributed by atoms with van der Waals surface area (Å²) in [5.41, 5.74) is 5.51. The Morgan fingerprint density at radius 1 is 1.53 bits per heavy atom. The third-order valence-corrected chi connectivity index (χ3v) is 5.34. The molecule has 0 fully saturated rings. The third kappa shape index (κ3) is 3.10. The maximum Gasteiger partial charge on any atom is 0.262 e. The summed E-state index contributed by atoms with van der Waals surface area (Å²) in [6, 6.07) is -0.228. The van der Waals surface area contributed by atoms with Crippen molar-refractivity contribution >= 4 is 22.4 Å². The molecule has 1 atom stereocenters. The molecule has 0 saturated heterocycles. The van der Waals surface area contributed by atoms with Gasteiger partial charge >= 0.3 is 0 Å². The number of hydrogen-bond acceptors (Lipinski definition) is 4. The molecule has 0 spiro atoms. The Morgan fingerprint density at radius 2 is 2.21 bits per heavy atom. The van der Waals surface area contributed by atoms with E-state index in [4.69, 9.17) is 5.73 Å². The van der Waals surface area contributed by atoms with Gasteiger partial charge in [-0.05, 0) is 19.8 Å². The average molecular weight is 309 g/mol. The minimum Gasteiger partial charge on any atom is -0.333 e. The topological polar surface area (TPSA) is 81.2 Å². The molecule has 1 aliphatic heterocycles. The van der Waals surface area contributed by atoms with Crippen LogP contribution in [0.25, 0.3) is 0 Å². The van der Waals surface area contributed by atoms with Gasteiger partial charge in [0.25, 0.3) is 10.0 Å². The zero-order valence-electron chi connectivity index (χ0n) is 11.2. The smallest absolute Gasteiger partial charge is 0.262 e. The Hall–Kier alpha value is -0.630. The molecular formula is C11H21ClN4O2S. The van der Waals surface area contributed by atoms with Crippen molar-refractivity contribution in [2.75, 3.05) is 13.6 Å². The van der Waals surface area contributed by atoms with Crippen LogP contribution in [0.4, 0.5) is 0 Å². The SMILES string of the molecule is CC(CN)N(C)S(=O)(=O)c1cn2c(n1)CCCC2.Cl. The van der Waals surface area contributed by atoms with Crippen molar-refractivity contribution in [2.24, 2.45) is 5.73 Å². The normalized spacial score (nSPS) is 16.8. The molecule has 0 aromatic carbocycles. The molecule has 1 unspecified atom stereocenters. The molecule has 1 aliphatic rings. The van der Waals surface area contributed by atoms with E-state index in [1.54, 1.807) is 20.2 Å². The summed E-state index contributed by atoms with van der Waals surface area (Å²) in [6.07, 6.45) is 4.65. The third-order valence-electron chi connectivity index (χ3n) is 3.49. The fourth-order valence-electron chi connectivity index (χ4n) is 2.04. The van der Waals surface area contributed by atoms with Crippen molar-refractivity contribution in [2.45, 2.75) is 43.8 Å². The molecule has 2 rings (SSSR count). The van der Waals surface area contributed by atoms with Crippen LogP contribution in [0.5, 0.6) is 0 Å². The Balaban J connectivity index is 0.00000180. The summed E-state index contributed by atoms with van der Waals surface area (Å²) in [5, 5.41) is 0.141. The van der Waals surface area contributed by atoms with Crippen LogP contribution in [-0.2, 0) is 23.0 Å². The molecule has 110 valence electrons. The maximum absolute atomic E-state index is 12.3. The number of likely N-dealkylation sites (N-methyl/N-ethyl adjacent to an activating group) is 1. The van der Waals surface area contributed by atoms with Gasteiger partial charge in [0.05, 0.1) is 0 Å². The van der Waals surface area contributed by atoms with Crippen molar-refractivity contribution < 1.29 is 8.42 Å². The molecule has 2 N–H and O–H groups in total. The van der Waals surface area contributed by atoms with Crippen LogP contribution < -0.4 is 5.73 Å². The Labute approximate surface area is 120 Å². The second-order valence-corrected chi connectivity index (χ2v) is 6.70. The van der Waals surface area contributed by atoms with Gasteiger partial charge in [-0.2, -0.15) is 4.31 Å². The Morgan fingerprint density at radius 3 is 2.79 bits per heavy atom. The number of rotatable bonds is 4. The van der Waals surface area contributed by atoms with Crippen molar-refractivity contribution in [1.29, 1.82) is 0 Å². The lowest BCUT2D eigenvalue weighted by Gasteiger charge is -2.21. The molecule has 8 heteroatoms. The second kappa shape index (κ2) is 6.21. The molecule has 0 radical (unpaired) electrons. The van der Waals surface area contributed by atoms with Gasteiger partial charge in [-0.15, -0.1) is 12.4 Å². The number of nitrogens with zero attached hydrogens (tertiary/aromatic N) is 3. The molecule has 0 bridgehead atoms. The van der Waals surface area contributed by atoms with E-state index in [-0.39, 0.29) is 23.5 Å². The molecule has 2 heterocycles. The van der Waals surface area contributed by atoms with E-state index >= 15 is 0 Å². The average Bonchev–Trinajstić information content (AvgIpc) is 2.81. The highest BCUT2D eigenvalue weighted by molar-refractivity contribution is 7.89. The molecule has 0 saturated carbocycles. The summed E-state index contributed by atoms with van der Waals surface area (Å²) in [7, 11) is -1.98. The number of sulfonamides is 1. The van der Waals surface area contributed by atoms with Crippen molar-refractivity contribution in [3.63, 3.8) is 0 Å². The van der Waals surface area contributed by atoms with Crippen molar-refractivity contribution in [1.82, 2.24) is 13.9 Å². The molecule has 1 aromatic heterocycles. The van der Waals surface area contributed by atoms with Crippen LogP contribution in [0.2, 0.25) is 0 Å². The van der Waals surface area contributed by atoms with Crippen LogP contribution in [0.1, 0.15) is 25.6 Å². The minimum atomic E-state index is -3.52. The number of halogens is 1. The van der Waals surface area contributed by atoms with E-state index in [1.165, 1.54) is 4.31 Å². The van der Waals surface area contributed by atoms with Gasteiger partial charge in [0.2, 0.25) is 0 Å². The van der Waals surface area contributed by atoms with Gasteiger partial charge < -0.3 is 10.3 Å². The zero-order valence-corrected chi connectivity index (χ0v) is 12.9. The van der Waals surface area contributed by atoms with Gasteiger partial charge in [-0.3, -0.25) is 0 Å². The summed E-state index contributed by atoms with van der Waals surface area (Å²) in [6.45, 7) is 2.94. The highest BCUT2D eigenvalue weighted by Gasteiger charge is 2.28. The first-order valence-electron chi connectivity index (χ1n) is 6.21. The van der Waals surface area contributed by atoms with Crippen molar-refractivity contribution in [3.8, 4) is 0 Å². The highest BCUT2D eigenvalue weighted by Crippen LogP contribution is 2.20.